The van der Waals surface area contributed by atoms with Crippen LogP contribution in [0.3, 0.4) is 0 Å². The summed E-state index contributed by atoms with van der Waals surface area (Å²) in [5, 5.41) is 121. The molecule has 8 fully saturated rings. The van der Waals surface area contributed by atoms with Crippen LogP contribution < -0.4 is 0 Å². The molecule has 4 heterocycles. The molecule has 408 valence electrons. The van der Waals surface area contributed by atoms with Crippen molar-refractivity contribution in [2.24, 2.45) is 50.2 Å². The Labute approximate surface area is 414 Å². The SMILES string of the molecule is C[C@H]1O[C@@H](O[C@H]2CC[C@@]3(C)[C@@H](CC[C@]4(C)[C@@H]3C=C[C@@]35OCC6(CC[C@@](C)(CO)C[C@H]63)[C@@H](O)C[C@@]45C)[C@]2(C)CO)[C@H](O[C@@H]2O[C@H](CO)[C@H](O)[C@H](O)[C@H]2O)[C@@H](O[C@@H]2O[C@H](CO)[C@H](OS(=O)(=O)O)[C@H](O)[C@H]2O)[C@H]1O. The fraction of sp³-hybridized carbons (Fsp3) is 0.958. The molecule has 0 aromatic rings. The molecule has 0 aromatic carbocycles. The zero-order valence-electron chi connectivity index (χ0n) is 41.3. The van der Waals surface area contributed by atoms with Gasteiger partial charge in [-0.15, -0.1) is 0 Å². The Hall–Kier alpha value is -1.11. The number of rotatable bonds is 12. The normalized spacial score (nSPS) is 57.0. The van der Waals surface area contributed by atoms with E-state index in [0.717, 1.165) is 25.7 Å². The van der Waals surface area contributed by atoms with Crippen LogP contribution in [0.5, 0.6) is 0 Å². The highest BCUT2D eigenvalue weighted by molar-refractivity contribution is 7.80. The third-order valence-corrected chi connectivity index (χ3v) is 21.0. The number of aliphatic hydroxyl groups is 11. The van der Waals surface area contributed by atoms with Gasteiger partial charge in [-0.1, -0.05) is 46.8 Å². The first-order valence-corrected chi connectivity index (χ1v) is 26.7. The summed E-state index contributed by atoms with van der Waals surface area (Å²) >= 11 is 0. The largest absolute Gasteiger partial charge is 0.397 e. The predicted molar refractivity (Wildman–Crippen MR) is 241 cm³/mol. The molecule has 9 aliphatic rings. The van der Waals surface area contributed by atoms with Crippen molar-refractivity contribution in [1.29, 1.82) is 0 Å². The van der Waals surface area contributed by atoms with E-state index in [1.807, 2.05) is 6.92 Å². The summed E-state index contributed by atoms with van der Waals surface area (Å²) in [6.45, 7) is 10.8. The summed E-state index contributed by atoms with van der Waals surface area (Å²) in [6.07, 6.45) is -18.3. The van der Waals surface area contributed by atoms with E-state index < -0.39 is 155 Å². The van der Waals surface area contributed by atoms with E-state index in [-0.39, 0.29) is 41.8 Å². The van der Waals surface area contributed by atoms with Gasteiger partial charge in [-0.05, 0) is 86.4 Å². The molecule has 71 heavy (non-hydrogen) atoms. The molecule has 0 aromatic heterocycles. The van der Waals surface area contributed by atoms with Crippen LogP contribution >= 0.6 is 0 Å². The quantitative estimate of drug-likeness (QED) is 0.0595. The third kappa shape index (κ3) is 8.20. The average Bonchev–Trinajstić information content (AvgIpc) is 3.60. The molecule has 1 unspecified atom stereocenters. The van der Waals surface area contributed by atoms with Crippen molar-refractivity contribution < 1.29 is 106 Å². The van der Waals surface area contributed by atoms with Crippen molar-refractivity contribution in [2.75, 3.05) is 33.0 Å². The Balaban J connectivity index is 1.03. The summed E-state index contributed by atoms with van der Waals surface area (Å²) in [5.41, 5.74) is -3.63. The fourth-order valence-corrected chi connectivity index (χ4v) is 16.6. The maximum absolute atomic E-state index is 12.3. The molecule has 2 bridgehead atoms. The van der Waals surface area contributed by atoms with Gasteiger partial charge in [0.05, 0.1) is 50.3 Å². The van der Waals surface area contributed by atoms with Gasteiger partial charge in [0.1, 0.15) is 67.1 Å². The Morgan fingerprint density at radius 3 is 1.93 bits per heavy atom. The molecular formula is C48H78O22S. The van der Waals surface area contributed by atoms with Crippen LogP contribution in [0.2, 0.25) is 0 Å². The maximum Gasteiger partial charge on any atom is 0.397 e. The minimum Gasteiger partial charge on any atom is -0.396 e. The molecule has 22 nitrogen and oxygen atoms in total. The minimum absolute atomic E-state index is 0.00790. The molecule has 4 saturated heterocycles. The van der Waals surface area contributed by atoms with Crippen molar-refractivity contribution in [2.45, 2.75) is 203 Å². The summed E-state index contributed by atoms with van der Waals surface area (Å²) in [4.78, 5) is 0. The highest BCUT2D eigenvalue weighted by atomic mass is 32.3. The first kappa shape index (κ1) is 54.7. The van der Waals surface area contributed by atoms with E-state index in [1.165, 1.54) is 6.92 Å². The van der Waals surface area contributed by atoms with Gasteiger partial charge in [-0.2, -0.15) is 8.42 Å². The molecule has 23 heteroatoms. The van der Waals surface area contributed by atoms with Crippen molar-refractivity contribution in [3.63, 3.8) is 0 Å². The molecule has 0 amide bonds. The monoisotopic (exact) mass is 1040 g/mol. The van der Waals surface area contributed by atoms with Gasteiger partial charge in [0, 0.05) is 28.8 Å². The summed E-state index contributed by atoms with van der Waals surface area (Å²) < 4.78 is 81.3. The van der Waals surface area contributed by atoms with Crippen molar-refractivity contribution in [1.82, 2.24) is 0 Å². The standard InChI is InChI=1S/C48H78O22S/c1-22-30(54)37(68-40-35(59)33(57)36(24(18-50)66-40)70-71(60,61)62)38(69-39-34(58)32(56)31(55)23(17-49)65-39)41(64-22)67-29-9-10-43(3)25(44(29,4)20-52)7-11-45(5)26(43)8-12-48-27-15-42(2,19-51)13-14-47(27,21-63-48)28(53)16-46(45,48)6/h8,12,22-41,49-59H,7,9-11,13-21H2,1-6H3,(H,60,61,62)/t22-,23-,24-,25-,26-,27-,28+,29+,30+,31+,32+,33-,34-,35-,36+,37+,38-,39+,40+,41+,42-,43+,44+,45-,46+,47?,48-/m1/s1. The summed E-state index contributed by atoms with van der Waals surface area (Å²) in [7, 11) is -5.24. The van der Waals surface area contributed by atoms with Gasteiger partial charge in [0.25, 0.3) is 0 Å². The minimum atomic E-state index is -5.24. The second-order valence-corrected chi connectivity index (χ2v) is 25.1. The predicted octanol–water partition coefficient (Wildman–Crippen LogP) is -1.60. The van der Waals surface area contributed by atoms with Gasteiger partial charge in [-0.3, -0.25) is 4.55 Å². The van der Waals surface area contributed by atoms with E-state index in [0.29, 0.717) is 32.3 Å². The van der Waals surface area contributed by atoms with Crippen LogP contribution in [0.25, 0.3) is 0 Å². The van der Waals surface area contributed by atoms with Gasteiger partial charge in [0.15, 0.2) is 18.9 Å². The van der Waals surface area contributed by atoms with Gasteiger partial charge in [0.2, 0.25) is 0 Å². The second-order valence-electron chi connectivity index (χ2n) is 24.1. The van der Waals surface area contributed by atoms with Crippen LogP contribution in [0, 0.1) is 50.2 Å². The van der Waals surface area contributed by atoms with Crippen molar-refractivity contribution >= 4 is 10.4 Å². The Morgan fingerprint density at radius 2 is 1.30 bits per heavy atom. The van der Waals surface area contributed by atoms with Crippen LogP contribution in [0.15, 0.2) is 12.2 Å². The van der Waals surface area contributed by atoms with E-state index in [2.05, 4.69) is 44.0 Å². The number of allylic oxidation sites excluding steroid dienone is 1. The number of fused-ring (bicyclic) bond motifs is 4. The van der Waals surface area contributed by atoms with E-state index in [1.54, 1.807) is 0 Å². The molecule has 9 rings (SSSR count). The number of hydrogen-bond acceptors (Lipinski definition) is 21. The van der Waals surface area contributed by atoms with Crippen LogP contribution in [0.4, 0.5) is 0 Å². The van der Waals surface area contributed by atoms with E-state index in [9.17, 15) is 69.1 Å². The number of ether oxygens (including phenoxy) is 7. The average molecular weight is 1040 g/mol. The van der Waals surface area contributed by atoms with E-state index in [4.69, 9.17) is 33.2 Å². The van der Waals surface area contributed by atoms with E-state index >= 15 is 0 Å². The van der Waals surface area contributed by atoms with Gasteiger partial charge < -0.3 is 89.3 Å². The number of aliphatic hydroxyl groups excluding tert-OH is 11. The highest BCUT2D eigenvalue weighted by Crippen LogP contribution is 2.79. The Bertz CT molecular complexity index is 2080. The Morgan fingerprint density at radius 1 is 0.648 bits per heavy atom. The zero-order valence-corrected chi connectivity index (χ0v) is 42.1. The molecule has 0 radical (unpaired) electrons. The molecule has 5 aliphatic carbocycles. The lowest BCUT2D eigenvalue weighted by Gasteiger charge is -2.73. The topological polar surface area (TPSA) is 351 Å². The first-order valence-electron chi connectivity index (χ1n) is 25.3. The molecule has 4 aliphatic heterocycles. The third-order valence-electron chi connectivity index (χ3n) is 20.5. The smallest absolute Gasteiger partial charge is 0.396 e. The van der Waals surface area contributed by atoms with Crippen molar-refractivity contribution in [3.8, 4) is 0 Å². The lowest BCUT2D eigenvalue weighted by molar-refractivity contribution is -0.397. The molecule has 27 atom stereocenters. The van der Waals surface area contributed by atoms with Crippen LogP contribution in [0.1, 0.15) is 92.9 Å². The first-order chi connectivity index (χ1) is 33.2. The van der Waals surface area contributed by atoms with Gasteiger partial charge >= 0.3 is 10.4 Å². The molecule has 1 spiro atoms. The lowest BCUT2D eigenvalue weighted by atomic mass is 9.32. The molecule has 12 N–H and O–H groups in total. The second kappa shape index (κ2) is 18.8. The lowest BCUT2D eigenvalue weighted by Crippen LogP contribution is -2.73. The highest BCUT2D eigenvalue weighted by Gasteiger charge is 2.79. The summed E-state index contributed by atoms with van der Waals surface area (Å²) in [5.74, 6) is -0.197. The van der Waals surface area contributed by atoms with Crippen LogP contribution in [-0.4, -0.2) is 212 Å². The zero-order chi connectivity index (χ0) is 51.8. The molecular weight excluding hydrogens is 961 g/mol. The number of hydrogen-bond donors (Lipinski definition) is 12. The van der Waals surface area contributed by atoms with Crippen LogP contribution in [-0.2, 0) is 47.7 Å². The summed E-state index contributed by atoms with van der Waals surface area (Å²) in [6, 6.07) is 0. The van der Waals surface area contributed by atoms with Gasteiger partial charge in [-0.25, -0.2) is 4.18 Å². The Kier molecular flexibility index (Phi) is 14.5. The molecule has 4 saturated carbocycles. The fourth-order valence-electron chi connectivity index (χ4n) is 16.1. The van der Waals surface area contributed by atoms with Crippen molar-refractivity contribution in [3.05, 3.63) is 12.2 Å². The maximum atomic E-state index is 12.3.